The molecular formula is C24H18I2+2. The zero-order chi connectivity index (χ0) is 17.6. The minimum atomic E-state index is -0.0841. The van der Waals surface area contributed by atoms with Crippen molar-refractivity contribution in [3.63, 3.8) is 0 Å². The van der Waals surface area contributed by atoms with E-state index in [2.05, 4.69) is 109 Å². The molecule has 126 valence electrons. The number of benzene rings is 4. The fourth-order valence-electron chi connectivity index (χ4n) is 2.62. The lowest BCUT2D eigenvalue weighted by molar-refractivity contribution is -0.597. The van der Waals surface area contributed by atoms with Gasteiger partial charge in [-0.25, -0.2) is 0 Å². The molecule has 4 rings (SSSR count). The lowest BCUT2D eigenvalue weighted by atomic mass is 10.1. The summed E-state index contributed by atoms with van der Waals surface area (Å²) in [5, 5.41) is 0. The summed E-state index contributed by atoms with van der Waals surface area (Å²) in [5.41, 5.74) is 2.60. The van der Waals surface area contributed by atoms with Crippen LogP contribution in [0.1, 0.15) is 0 Å². The van der Waals surface area contributed by atoms with Crippen LogP contribution in [0.15, 0.2) is 109 Å². The predicted molar refractivity (Wildman–Crippen MR) is 99.6 cm³/mol. The van der Waals surface area contributed by atoms with Crippen LogP contribution in [-0.4, -0.2) is 0 Å². The monoisotopic (exact) mass is 560 g/mol. The molecule has 26 heavy (non-hydrogen) atoms. The lowest BCUT2D eigenvalue weighted by Gasteiger charge is -2.00. The van der Waals surface area contributed by atoms with Crippen molar-refractivity contribution in [1.82, 2.24) is 0 Å². The molecule has 0 atom stereocenters. The van der Waals surface area contributed by atoms with Crippen LogP contribution >= 0.6 is 0 Å². The van der Waals surface area contributed by atoms with Crippen molar-refractivity contribution in [1.29, 1.82) is 0 Å². The van der Waals surface area contributed by atoms with E-state index in [9.17, 15) is 0 Å². The summed E-state index contributed by atoms with van der Waals surface area (Å²) in [4.78, 5) is 0. The van der Waals surface area contributed by atoms with Gasteiger partial charge in [0.1, 0.15) is 0 Å². The summed E-state index contributed by atoms with van der Waals surface area (Å²) in [5.74, 6) is 0. The molecule has 0 aromatic heterocycles. The number of halogens is 2. The highest BCUT2D eigenvalue weighted by molar-refractivity contribution is 5.62. The largest absolute Gasteiger partial charge is 0.357 e. The van der Waals surface area contributed by atoms with Crippen molar-refractivity contribution in [3.8, 4) is 11.1 Å². The SMILES string of the molecule is c1ccc([I+]c2ccc(-c3ccc([I+]c4ccccc4)cc3)cc2)cc1. The zero-order valence-corrected chi connectivity index (χ0v) is 18.5. The van der Waals surface area contributed by atoms with E-state index in [-0.39, 0.29) is 42.4 Å². The van der Waals surface area contributed by atoms with Gasteiger partial charge in [0, 0.05) is 0 Å². The third-order valence-electron chi connectivity index (χ3n) is 3.92. The molecule has 0 aliphatic heterocycles. The second-order valence-electron chi connectivity index (χ2n) is 5.79. The van der Waals surface area contributed by atoms with Gasteiger partial charge in [-0.2, -0.15) is 0 Å². The Bertz CT molecular complexity index is 861. The Labute approximate surface area is 175 Å². The first-order chi connectivity index (χ1) is 12.9. The quantitative estimate of drug-likeness (QED) is 0.292. The molecule has 4 aromatic rings. The van der Waals surface area contributed by atoms with Gasteiger partial charge in [-0.05, 0) is 83.9 Å². The molecule has 4 aromatic carbocycles. The number of rotatable bonds is 5. The Kier molecular flexibility index (Phi) is 6.02. The van der Waals surface area contributed by atoms with E-state index in [0.717, 1.165) is 0 Å². The van der Waals surface area contributed by atoms with E-state index in [1.54, 1.807) is 0 Å². The smallest absolute Gasteiger partial charge is 0.0619 e. The fraction of sp³-hybridized carbons (Fsp3) is 0. The van der Waals surface area contributed by atoms with E-state index >= 15 is 0 Å². The van der Waals surface area contributed by atoms with Crippen molar-refractivity contribution in [2.75, 3.05) is 0 Å². The molecule has 0 aliphatic rings. The van der Waals surface area contributed by atoms with Crippen LogP contribution in [0.5, 0.6) is 0 Å². The molecule has 0 amide bonds. The van der Waals surface area contributed by atoms with E-state index in [1.807, 2.05) is 0 Å². The molecule has 0 saturated carbocycles. The molecular weight excluding hydrogens is 542 g/mol. The van der Waals surface area contributed by atoms with Crippen LogP contribution in [0.2, 0.25) is 0 Å². The molecule has 0 nitrogen and oxygen atoms in total. The first-order valence-corrected chi connectivity index (χ1v) is 12.8. The zero-order valence-electron chi connectivity index (χ0n) is 14.1. The van der Waals surface area contributed by atoms with Crippen molar-refractivity contribution < 1.29 is 42.4 Å². The van der Waals surface area contributed by atoms with E-state index < -0.39 is 0 Å². The third kappa shape index (κ3) is 4.74. The van der Waals surface area contributed by atoms with Gasteiger partial charge in [0.15, 0.2) is 14.3 Å². The molecule has 0 N–H and O–H groups in total. The highest BCUT2D eigenvalue weighted by atomic mass is 127. The van der Waals surface area contributed by atoms with E-state index in [4.69, 9.17) is 0 Å². The highest BCUT2D eigenvalue weighted by Gasteiger charge is 2.16. The van der Waals surface area contributed by atoms with Gasteiger partial charge in [-0.1, -0.05) is 36.4 Å². The van der Waals surface area contributed by atoms with Crippen molar-refractivity contribution in [3.05, 3.63) is 123 Å². The maximum absolute atomic E-state index is 2.29. The summed E-state index contributed by atoms with van der Waals surface area (Å²) in [6.07, 6.45) is 0. The molecule has 0 fully saturated rings. The summed E-state index contributed by atoms with van der Waals surface area (Å²) in [6.45, 7) is 0. The van der Waals surface area contributed by atoms with Crippen molar-refractivity contribution in [2.24, 2.45) is 0 Å². The summed E-state index contributed by atoms with van der Waals surface area (Å²) in [7, 11) is 0. The first-order valence-electron chi connectivity index (χ1n) is 8.47. The Hall–Kier alpha value is -1.66. The van der Waals surface area contributed by atoms with Gasteiger partial charge in [-0.3, -0.25) is 0 Å². The Morgan fingerprint density at radius 3 is 0.962 bits per heavy atom. The third-order valence-corrected chi connectivity index (χ3v) is 9.29. The summed E-state index contributed by atoms with van der Waals surface area (Å²) < 4.78 is 5.86. The van der Waals surface area contributed by atoms with Gasteiger partial charge in [-0.15, -0.1) is 0 Å². The van der Waals surface area contributed by atoms with Crippen LogP contribution in [0.25, 0.3) is 11.1 Å². The number of hydrogen-bond donors (Lipinski definition) is 0. The van der Waals surface area contributed by atoms with Crippen LogP contribution in [0.3, 0.4) is 0 Å². The molecule has 0 heterocycles. The highest BCUT2D eigenvalue weighted by Crippen LogP contribution is 2.17. The average Bonchev–Trinajstić information content (AvgIpc) is 2.71. The van der Waals surface area contributed by atoms with Crippen LogP contribution in [0, 0.1) is 14.3 Å². The maximum atomic E-state index is 2.29. The Morgan fingerprint density at radius 1 is 0.308 bits per heavy atom. The van der Waals surface area contributed by atoms with Gasteiger partial charge < -0.3 is 0 Å². The van der Waals surface area contributed by atoms with Crippen LogP contribution in [0.4, 0.5) is 0 Å². The normalized spacial score (nSPS) is 10.6. The predicted octanol–water partition coefficient (Wildman–Crippen LogP) is -0.390. The van der Waals surface area contributed by atoms with Crippen molar-refractivity contribution >= 4 is 0 Å². The standard InChI is InChI=1S/C24H18I2/c1-3-7-21(8-4-1)25-23-15-11-19(12-16-23)20-13-17-24(18-14-20)26-22-9-5-2-6-10-22/h1-18H/q+2. The van der Waals surface area contributed by atoms with Crippen LogP contribution < -0.4 is 42.4 Å². The molecule has 0 spiro atoms. The summed E-state index contributed by atoms with van der Waals surface area (Å²) in [6, 6.07) is 39.8. The first kappa shape index (κ1) is 17.7. The van der Waals surface area contributed by atoms with Gasteiger partial charge in [0.2, 0.25) is 0 Å². The fourth-order valence-corrected chi connectivity index (χ4v) is 7.04. The van der Waals surface area contributed by atoms with Gasteiger partial charge in [0.05, 0.1) is 0 Å². The molecule has 0 unspecified atom stereocenters. The molecule has 0 aliphatic carbocycles. The Balaban J connectivity index is 1.45. The Morgan fingerprint density at radius 2 is 0.615 bits per heavy atom. The second-order valence-corrected chi connectivity index (χ2v) is 11.9. The van der Waals surface area contributed by atoms with E-state index in [0.29, 0.717) is 0 Å². The molecule has 0 radical (unpaired) electrons. The maximum Gasteiger partial charge on any atom is 0.357 e. The topological polar surface area (TPSA) is 0 Å². The van der Waals surface area contributed by atoms with Gasteiger partial charge in [0.25, 0.3) is 0 Å². The minimum absolute atomic E-state index is 0.0841. The molecule has 0 saturated heterocycles. The molecule has 0 bridgehead atoms. The summed E-state index contributed by atoms with van der Waals surface area (Å²) >= 11 is -0.168. The van der Waals surface area contributed by atoms with Gasteiger partial charge >= 0.3 is 42.4 Å². The average molecular weight is 560 g/mol. The van der Waals surface area contributed by atoms with Crippen LogP contribution in [-0.2, 0) is 0 Å². The molecule has 2 heteroatoms. The van der Waals surface area contributed by atoms with E-state index in [1.165, 1.54) is 25.4 Å². The minimum Gasteiger partial charge on any atom is -0.0619 e. The number of hydrogen-bond acceptors (Lipinski definition) is 0. The van der Waals surface area contributed by atoms with Crippen molar-refractivity contribution in [2.45, 2.75) is 0 Å². The lowest BCUT2D eigenvalue weighted by Crippen LogP contribution is -3.61. The second kappa shape index (κ2) is 8.82.